The van der Waals surface area contributed by atoms with Crippen molar-refractivity contribution in [1.29, 1.82) is 0 Å². The van der Waals surface area contributed by atoms with Gasteiger partial charge in [0.15, 0.2) is 0 Å². The van der Waals surface area contributed by atoms with Crippen molar-refractivity contribution in [3.8, 4) is 0 Å². The summed E-state index contributed by atoms with van der Waals surface area (Å²) in [5, 5.41) is 0. The molecule has 1 rings (SSSR count). The lowest BCUT2D eigenvalue weighted by Crippen LogP contribution is -2.37. The summed E-state index contributed by atoms with van der Waals surface area (Å²) in [5.74, 6) is 0.574. The molecule has 0 saturated heterocycles. The molecule has 1 aromatic rings. The summed E-state index contributed by atoms with van der Waals surface area (Å²) in [6.45, 7) is 7.64. The van der Waals surface area contributed by atoms with Crippen LogP contribution in [0, 0.1) is 6.92 Å². The first-order valence-electron chi connectivity index (χ1n) is 5.31. The van der Waals surface area contributed by atoms with Crippen molar-refractivity contribution in [3.63, 3.8) is 0 Å². The number of nitrogens with zero attached hydrogens (tertiary/aromatic N) is 1. The molecule has 0 spiro atoms. The molecule has 0 amide bonds. The standard InChI is InChI=1S/C11H19N3O/c1-5-8-7(3)13-10(14-9(8)15)11(4,12)6-2/h5-6,12H2,1-4H3,(H,13,14,15)/t11-/m0/s1. The highest BCUT2D eigenvalue weighted by Gasteiger charge is 2.22. The average molecular weight is 209 g/mol. The monoisotopic (exact) mass is 209 g/mol. The Bertz CT molecular complexity index is 407. The van der Waals surface area contributed by atoms with Crippen LogP contribution in [-0.2, 0) is 12.0 Å². The van der Waals surface area contributed by atoms with Crippen LogP contribution in [0.5, 0.6) is 0 Å². The zero-order chi connectivity index (χ0) is 11.6. The molecule has 0 fully saturated rings. The fourth-order valence-corrected chi connectivity index (χ4v) is 1.46. The Balaban J connectivity index is 3.32. The molecule has 1 aromatic heterocycles. The molecule has 0 aliphatic heterocycles. The van der Waals surface area contributed by atoms with Crippen LogP contribution in [-0.4, -0.2) is 9.97 Å². The summed E-state index contributed by atoms with van der Waals surface area (Å²) in [4.78, 5) is 18.8. The van der Waals surface area contributed by atoms with Gasteiger partial charge in [-0.05, 0) is 26.7 Å². The molecule has 1 heterocycles. The summed E-state index contributed by atoms with van der Waals surface area (Å²) in [7, 11) is 0. The van der Waals surface area contributed by atoms with Gasteiger partial charge >= 0.3 is 0 Å². The largest absolute Gasteiger partial charge is 0.319 e. The molecule has 0 unspecified atom stereocenters. The molecule has 1 atom stereocenters. The Morgan fingerprint density at radius 1 is 1.47 bits per heavy atom. The molecule has 3 N–H and O–H groups in total. The quantitative estimate of drug-likeness (QED) is 0.786. The summed E-state index contributed by atoms with van der Waals surface area (Å²) >= 11 is 0. The molecular formula is C11H19N3O. The molecule has 0 aromatic carbocycles. The first-order valence-corrected chi connectivity index (χ1v) is 5.31. The van der Waals surface area contributed by atoms with E-state index in [0.717, 1.165) is 17.7 Å². The first kappa shape index (κ1) is 11.9. The molecule has 0 saturated carbocycles. The number of hydrogen-bond donors (Lipinski definition) is 2. The SMILES string of the molecule is CCc1c(C)nc([C@@](C)(N)CC)[nH]c1=O. The van der Waals surface area contributed by atoms with Gasteiger partial charge in [-0.1, -0.05) is 13.8 Å². The molecule has 0 aliphatic carbocycles. The minimum absolute atomic E-state index is 0.0647. The van der Waals surface area contributed by atoms with E-state index in [1.807, 2.05) is 27.7 Å². The Morgan fingerprint density at radius 3 is 2.47 bits per heavy atom. The molecule has 4 nitrogen and oxygen atoms in total. The van der Waals surface area contributed by atoms with E-state index in [-0.39, 0.29) is 5.56 Å². The topological polar surface area (TPSA) is 71.8 Å². The molecule has 4 heteroatoms. The summed E-state index contributed by atoms with van der Waals surface area (Å²) in [6.07, 6.45) is 1.43. The van der Waals surface area contributed by atoms with Crippen molar-refractivity contribution < 1.29 is 0 Å². The van der Waals surface area contributed by atoms with Crippen molar-refractivity contribution in [2.24, 2.45) is 5.73 Å². The smallest absolute Gasteiger partial charge is 0.254 e. The zero-order valence-corrected chi connectivity index (χ0v) is 9.85. The molecule has 84 valence electrons. The van der Waals surface area contributed by atoms with Gasteiger partial charge < -0.3 is 10.7 Å². The fraction of sp³-hybridized carbons (Fsp3) is 0.636. The van der Waals surface area contributed by atoms with Crippen LogP contribution in [0.2, 0.25) is 0 Å². The van der Waals surface area contributed by atoms with E-state index in [1.165, 1.54) is 0 Å². The van der Waals surface area contributed by atoms with Gasteiger partial charge in [-0.25, -0.2) is 4.98 Å². The normalized spacial score (nSPS) is 15.0. The van der Waals surface area contributed by atoms with Gasteiger partial charge in [0.2, 0.25) is 0 Å². The minimum atomic E-state index is -0.559. The van der Waals surface area contributed by atoms with Gasteiger partial charge in [-0.3, -0.25) is 4.79 Å². The van der Waals surface area contributed by atoms with Gasteiger partial charge in [-0.15, -0.1) is 0 Å². The Kier molecular flexibility index (Phi) is 3.29. The number of rotatable bonds is 3. The lowest BCUT2D eigenvalue weighted by molar-refractivity contribution is 0.441. The maximum atomic E-state index is 11.7. The van der Waals surface area contributed by atoms with Crippen molar-refractivity contribution in [2.45, 2.75) is 46.1 Å². The summed E-state index contributed by atoms with van der Waals surface area (Å²) in [6, 6.07) is 0. The van der Waals surface area contributed by atoms with Crippen molar-refractivity contribution >= 4 is 0 Å². The van der Waals surface area contributed by atoms with Crippen molar-refractivity contribution in [1.82, 2.24) is 9.97 Å². The second kappa shape index (κ2) is 4.14. The minimum Gasteiger partial charge on any atom is -0.319 e. The van der Waals surface area contributed by atoms with E-state index < -0.39 is 5.54 Å². The van der Waals surface area contributed by atoms with Crippen molar-refractivity contribution in [3.05, 3.63) is 27.4 Å². The third-order valence-corrected chi connectivity index (χ3v) is 2.85. The molecular weight excluding hydrogens is 190 g/mol. The second-order valence-electron chi connectivity index (χ2n) is 4.10. The predicted molar refractivity (Wildman–Crippen MR) is 60.8 cm³/mol. The van der Waals surface area contributed by atoms with Gasteiger partial charge in [-0.2, -0.15) is 0 Å². The molecule has 0 radical (unpaired) electrons. The lowest BCUT2D eigenvalue weighted by atomic mass is 9.99. The summed E-state index contributed by atoms with van der Waals surface area (Å²) in [5.41, 5.74) is 6.93. The van der Waals surface area contributed by atoms with E-state index in [1.54, 1.807) is 0 Å². The van der Waals surface area contributed by atoms with E-state index in [9.17, 15) is 4.79 Å². The third kappa shape index (κ3) is 2.26. The lowest BCUT2D eigenvalue weighted by Gasteiger charge is -2.22. The van der Waals surface area contributed by atoms with Crippen LogP contribution in [0.15, 0.2) is 4.79 Å². The molecule has 15 heavy (non-hydrogen) atoms. The van der Waals surface area contributed by atoms with E-state index >= 15 is 0 Å². The number of H-pyrrole nitrogens is 1. The first-order chi connectivity index (χ1) is 6.92. The number of nitrogens with one attached hydrogen (secondary N) is 1. The van der Waals surface area contributed by atoms with Crippen LogP contribution < -0.4 is 11.3 Å². The van der Waals surface area contributed by atoms with Crippen LogP contribution in [0.3, 0.4) is 0 Å². The predicted octanol–water partition coefficient (Wildman–Crippen LogP) is 1.22. The highest BCUT2D eigenvalue weighted by molar-refractivity contribution is 5.18. The second-order valence-corrected chi connectivity index (χ2v) is 4.10. The highest BCUT2D eigenvalue weighted by atomic mass is 16.1. The van der Waals surface area contributed by atoms with Crippen LogP contribution >= 0.6 is 0 Å². The Morgan fingerprint density at radius 2 is 2.07 bits per heavy atom. The maximum Gasteiger partial charge on any atom is 0.254 e. The number of hydrogen-bond acceptors (Lipinski definition) is 3. The third-order valence-electron chi connectivity index (χ3n) is 2.85. The Labute approximate surface area is 89.9 Å². The van der Waals surface area contributed by atoms with Crippen molar-refractivity contribution in [2.75, 3.05) is 0 Å². The average Bonchev–Trinajstić information content (AvgIpc) is 2.17. The Hall–Kier alpha value is -1.16. The number of aryl methyl sites for hydroxylation is 1. The van der Waals surface area contributed by atoms with E-state index in [0.29, 0.717) is 12.2 Å². The van der Waals surface area contributed by atoms with Crippen LogP contribution in [0.4, 0.5) is 0 Å². The van der Waals surface area contributed by atoms with Gasteiger partial charge in [0.05, 0.1) is 5.54 Å². The fourth-order valence-electron chi connectivity index (χ4n) is 1.46. The van der Waals surface area contributed by atoms with Crippen LogP contribution in [0.25, 0.3) is 0 Å². The van der Waals surface area contributed by atoms with E-state index in [2.05, 4.69) is 9.97 Å². The molecule has 0 aliphatic rings. The number of aromatic amines is 1. The van der Waals surface area contributed by atoms with E-state index in [4.69, 9.17) is 5.73 Å². The molecule has 0 bridgehead atoms. The van der Waals surface area contributed by atoms with Gasteiger partial charge in [0, 0.05) is 11.3 Å². The van der Waals surface area contributed by atoms with Gasteiger partial charge in [0.1, 0.15) is 5.82 Å². The highest BCUT2D eigenvalue weighted by Crippen LogP contribution is 2.16. The van der Waals surface area contributed by atoms with Crippen LogP contribution in [0.1, 0.15) is 44.3 Å². The summed E-state index contributed by atoms with van der Waals surface area (Å²) < 4.78 is 0. The van der Waals surface area contributed by atoms with Gasteiger partial charge in [0.25, 0.3) is 5.56 Å². The zero-order valence-electron chi connectivity index (χ0n) is 9.85. The number of aromatic nitrogens is 2. The number of nitrogens with two attached hydrogens (primary N) is 1. The maximum absolute atomic E-state index is 11.7.